The highest BCUT2D eigenvalue weighted by Gasteiger charge is 2.08. The molecule has 0 radical (unpaired) electrons. The number of benzene rings is 2. The average Bonchev–Trinajstić information content (AvgIpc) is 2.62. The van der Waals surface area contributed by atoms with Crippen molar-refractivity contribution in [3.05, 3.63) is 63.6 Å². The summed E-state index contributed by atoms with van der Waals surface area (Å²) in [6.07, 6.45) is 0. The van der Waals surface area contributed by atoms with Crippen LogP contribution in [0.5, 0.6) is 5.75 Å². The van der Waals surface area contributed by atoms with Crippen molar-refractivity contribution in [1.82, 2.24) is 10.2 Å². The second-order valence-corrected chi connectivity index (χ2v) is 6.61. The fourth-order valence-electron chi connectivity index (χ4n) is 2.61. The fourth-order valence-corrected chi connectivity index (χ4v) is 3.12. The normalized spacial score (nSPS) is 11.1. The number of likely N-dealkylation sites (N-methyl/N-ethyl adjacent to an activating group) is 1. The summed E-state index contributed by atoms with van der Waals surface area (Å²) in [6, 6.07) is 13.5. The van der Waals surface area contributed by atoms with Gasteiger partial charge in [0.25, 0.3) is 0 Å². The maximum absolute atomic E-state index is 6.21. The summed E-state index contributed by atoms with van der Waals surface area (Å²) in [7, 11) is 0. The molecule has 0 bridgehead atoms. The van der Waals surface area contributed by atoms with Crippen LogP contribution in [0.4, 0.5) is 0 Å². The van der Waals surface area contributed by atoms with Gasteiger partial charge in [-0.3, -0.25) is 0 Å². The second-order valence-electron chi connectivity index (χ2n) is 5.80. The average molecular weight is 381 g/mol. The highest BCUT2D eigenvalue weighted by molar-refractivity contribution is 6.35. The fraction of sp³-hybridized carbons (Fsp3) is 0.400. The second kappa shape index (κ2) is 10.7. The van der Waals surface area contributed by atoms with E-state index < -0.39 is 0 Å². The third-order valence-electron chi connectivity index (χ3n) is 4.22. The molecule has 5 heteroatoms. The minimum atomic E-state index is 0.356. The van der Waals surface area contributed by atoms with Gasteiger partial charge in [-0.2, -0.15) is 0 Å². The van der Waals surface area contributed by atoms with Gasteiger partial charge in [-0.15, -0.1) is 0 Å². The van der Waals surface area contributed by atoms with Gasteiger partial charge in [0.1, 0.15) is 12.4 Å². The van der Waals surface area contributed by atoms with Gasteiger partial charge in [-0.1, -0.05) is 61.3 Å². The van der Waals surface area contributed by atoms with Crippen LogP contribution >= 0.6 is 23.2 Å². The van der Waals surface area contributed by atoms with E-state index in [0.29, 0.717) is 16.7 Å². The molecule has 0 saturated heterocycles. The van der Waals surface area contributed by atoms with Crippen molar-refractivity contribution in [1.29, 1.82) is 0 Å². The van der Waals surface area contributed by atoms with E-state index in [0.717, 1.165) is 49.6 Å². The molecular weight excluding hydrogens is 355 g/mol. The number of ether oxygens (including phenoxy) is 1. The van der Waals surface area contributed by atoms with Gasteiger partial charge in [-0.05, 0) is 31.3 Å². The van der Waals surface area contributed by atoms with Crippen molar-refractivity contribution < 1.29 is 4.74 Å². The zero-order valence-corrected chi connectivity index (χ0v) is 16.4. The first-order valence-corrected chi connectivity index (χ1v) is 9.48. The van der Waals surface area contributed by atoms with Gasteiger partial charge in [0.2, 0.25) is 0 Å². The number of rotatable bonds is 10. The molecule has 0 amide bonds. The lowest BCUT2D eigenvalue weighted by molar-refractivity contribution is 0.296. The third kappa shape index (κ3) is 6.19. The Morgan fingerprint density at radius 1 is 0.960 bits per heavy atom. The molecule has 1 N–H and O–H groups in total. The summed E-state index contributed by atoms with van der Waals surface area (Å²) < 4.78 is 5.99. The van der Waals surface area contributed by atoms with Crippen molar-refractivity contribution in [3.63, 3.8) is 0 Å². The molecule has 0 spiro atoms. The first-order chi connectivity index (χ1) is 12.2. The van der Waals surface area contributed by atoms with E-state index in [9.17, 15) is 0 Å². The van der Waals surface area contributed by atoms with E-state index in [1.807, 2.05) is 36.4 Å². The van der Waals surface area contributed by atoms with Crippen LogP contribution in [0.1, 0.15) is 25.0 Å². The minimum Gasteiger partial charge on any atom is -0.488 e. The SMILES string of the molecule is CCN(CC)CCNCc1ccccc1OCc1c(Cl)cccc1Cl. The van der Waals surface area contributed by atoms with Crippen molar-refractivity contribution >= 4 is 23.2 Å². The predicted octanol–water partition coefficient (Wildman–Crippen LogP) is 5.00. The predicted molar refractivity (Wildman–Crippen MR) is 107 cm³/mol. The van der Waals surface area contributed by atoms with Crippen molar-refractivity contribution in [2.24, 2.45) is 0 Å². The standard InChI is InChI=1S/C20H26Cl2N2O/c1-3-24(4-2)13-12-23-14-16-8-5-6-11-20(16)25-15-17-18(21)9-7-10-19(17)22/h5-11,23H,3-4,12-15H2,1-2H3. The van der Waals surface area contributed by atoms with E-state index in [2.05, 4.69) is 30.1 Å². The van der Waals surface area contributed by atoms with Crippen molar-refractivity contribution in [2.45, 2.75) is 27.0 Å². The largest absolute Gasteiger partial charge is 0.488 e. The zero-order valence-electron chi connectivity index (χ0n) is 14.9. The Bertz CT molecular complexity index is 640. The van der Waals surface area contributed by atoms with Crippen LogP contribution in [-0.4, -0.2) is 31.1 Å². The Balaban J connectivity index is 1.92. The zero-order chi connectivity index (χ0) is 18.1. The van der Waals surface area contributed by atoms with Crippen LogP contribution in [-0.2, 0) is 13.2 Å². The monoisotopic (exact) mass is 380 g/mol. The molecule has 0 fully saturated rings. The summed E-state index contributed by atoms with van der Waals surface area (Å²) in [5, 5.41) is 4.74. The molecule has 0 aromatic heterocycles. The number of hydrogen-bond acceptors (Lipinski definition) is 3. The maximum atomic E-state index is 6.21. The van der Waals surface area contributed by atoms with E-state index in [1.54, 1.807) is 0 Å². The smallest absolute Gasteiger partial charge is 0.124 e. The lowest BCUT2D eigenvalue weighted by Crippen LogP contribution is -2.31. The molecule has 136 valence electrons. The molecular formula is C20H26Cl2N2O. The van der Waals surface area contributed by atoms with Gasteiger partial charge in [-0.25, -0.2) is 0 Å². The molecule has 25 heavy (non-hydrogen) atoms. The van der Waals surface area contributed by atoms with Gasteiger partial charge < -0.3 is 15.0 Å². The van der Waals surface area contributed by atoms with E-state index in [4.69, 9.17) is 27.9 Å². The summed E-state index contributed by atoms with van der Waals surface area (Å²) >= 11 is 12.4. The lowest BCUT2D eigenvalue weighted by Gasteiger charge is -2.18. The molecule has 0 unspecified atom stereocenters. The Morgan fingerprint density at radius 3 is 2.32 bits per heavy atom. The molecule has 0 aliphatic carbocycles. The summed E-state index contributed by atoms with van der Waals surface area (Å²) in [5.41, 5.74) is 1.94. The number of halogens is 2. The van der Waals surface area contributed by atoms with Crippen LogP contribution in [0, 0.1) is 0 Å². The van der Waals surface area contributed by atoms with Crippen LogP contribution < -0.4 is 10.1 Å². The van der Waals surface area contributed by atoms with Gasteiger partial charge in [0.05, 0.1) is 0 Å². The van der Waals surface area contributed by atoms with Gasteiger partial charge in [0, 0.05) is 40.8 Å². The Labute approximate surface area is 160 Å². The highest BCUT2D eigenvalue weighted by atomic mass is 35.5. The van der Waals surface area contributed by atoms with Crippen LogP contribution in [0.15, 0.2) is 42.5 Å². The topological polar surface area (TPSA) is 24.5 Å². The Kier molecular flexibility index (Phi) is 8.56. The number of hydrogen-bond donors (Lipinski definition) is 1. The van der Waals surface area contributed by atoms with Crippen molar-refractivity contribution in [2.75, 3.05) is 26.2 Å². The van der Waals surface area contributed by atoms with Crippen molar-refractivity contribution in [3.8, 4) is 5.75 Å². The minimum absolute atomic E-state index is 0.356. The molecule has 2 rings (SSSR count). The lowest BCUT2D eigenvalue weighted by atomic mass is 10.2. The molecule has 0 aliphatic heterocycles. The molecule has 3 nitrogen and oxygen atoms in total. The van der Waals surface area contributed by atoms with Crippen LogP contribution in [0.25, 0.3) is 0 Å². The van der Waals surface area contributed by atoms with Crippen LogP contribution in [0.3, 0.4) is 0 Å². The Morgan fingerprint density at radius 2 is 1.64 bits per heavy atom. The van der Waals surface area contributed by atoms with Gasteiger partial charge in [0.15, 0.2) is 0 Å². The molecule has 2 aromatic rings. The quantitative estimate of drug-likeness (QED) is 0.586. The summed E-state index contributed by atoms with van der Waals surface area (Å²) in [4.78, 5) is 2.40. The summed E-state index contributed by atoms with van der Waals surface area (Å²) in [5.74, 6) is 0.855. The number of nitrogens with one attached hydrogen (secondary N) is 1. The third-order valence-corrected chi connectivity index (χ3v) is 4.93. The molecule has 0 heterocycles. The highest BCUT2D eigenvalue weighted by Crippen LogP contribution is 2.27. The summed E-state index contributed by atoms with van der Waals surface area (Å²) in [6.45, 7) is 9.66. The maximum Gasteiger partial charge on any atom is 0.124 e. The van der Waals surface area contributed by atoms with E-state index in [1.165, 1.54) is 0 Å². The van der Waals surface area contributed by atoms with E-state index in [-0.39, 0.29) is 0 Å². The van der Waals surface area contributed by atoms with E-state index >= 15 is 0 Å². The number of para-hydroxylation sites is 1. The number of nitrogens with zero attached hydrogens (tertiary/aromatic N) is 1. The molecule has 0 atom stereocenters. The Hall–Kier alpha value is -1.26. The first kappa shape index (κ1) is 20.1. The molecule has 0 aliphatic rings. The first-order valence-electron chi connectivity index (χ1n) is 8.72. The van der Waals surface area contributed by atoms with Crippen LogP contribution in [0.2, 0.25) is 10.0 Å². The van der Waals surface area contributed by atoms with Gasteiger partial charge >= 0.3 is 0 Å². The molecule has 2 aromatic carbocycles. The molecule has 0 saturated carbocycles.